The molecule has 0 saturated carbocycles. The molecule has 0 aromatic carbocycles. The Morgan fingerprint density at radius 1 is 1.15 bits per heavy atom. The molecule has 2 N–H and O–H groups in total. The number of amides is 1. The molecular formula is C10H14N2O. The zero-order valence-corrected chi connectivity index (χ0v) is 7.68. The number of rotatable bonds is 0. The molecule has 1 heterocycles. The molecule has 2 aliphatic rings. The van der Waals surface area contributed by atoms with Gasteiger partial charge in [-0.25, -0.2) is 0 Å². The van der Waals surface area contributed by atoms with Crippen molar-refractivity contribution >= 4 is 11.7 Å². The van der Waals surface area contributed by atoms with Crippen molar-refractivity contribution in [3.63, 3.8) is 0 Å². The van der Waals surface area contributed by atoms with Crippen LogP contribution in [0.5, 0.6) is 0 Å². The van der Waals surface area contributed by atoms with E-state index in [1.54, 1.807) is 0 Å². The van der Waals surface area contributed by atoms with E-state index in [0.29, 0.717) is 12.3 Å². The van der Waals surface area contributed by atoms with Gasteiger partial charge in [-0.05, 0) is 31.3 Å². The summed E-state index contributed by atoms with van der Waals surface area (Å²) >= 11 is 0. The van der Waals surface area contributed by atoms with Gasteiger partial charge in [0.15, 0.2) is 0 Å². The first-order valence-electron chi connectivity index (χ1n) is 4.85. The predicted octanol–water partition coefficient (Wildman–Crippen LogP) is 1.53. The first-order chi connectivity index (χ1) is 6.27. The van der Waals surface area contributed by atoms with Crippen LogP contribution in [-0.4, -0.2) is 11.7 Å². The number of hydrogen-bond acceptors (Lipinski definition) is 2. The summed E-state index contributed by atoms with van der Waals surface area (Å²) in [5.74, 6) is 0.409. The van der Waals surface area contributed by atoms with Crippen LogP contribution < -0.4 is 5.73 Å². The van der Waals surface area contributed by atoms with Crippen molar-refractivity contribution < 1.29 is 4.79 Å². The Kier molecular flexibility index (Phi) is 2.17. The second-order valence-electron chi connectivity index (χ2n) is 3.71. The van der Waals surface area contributed by atoms with Crippen molar-refractivity contribution in [2.24, 2.45) is 10.7 Å². The minimum Gasteiger partial charge on any atom is -0.383 e. The predicted molar refractivity (Wildman–Crippen MR) is 51.4 cm³/mol. The van der Waals surface area contributed by atoms with Gasteiger partial charge in [0.2, 0.25) is 0 Å². The topological polar surface area (TPSA) is 55.4 Å². The van der Waals surface area contributed by atoms with Crippen LogP contribution >= 0.6 is 0 Å². The Labute approximate surface area is 77.7 Å². The first-order valence-corrected chi connectivity index (χ1v) is 4.85. The number of nitrogens with zero attached hydrogens (tertiary/aromatic N) is 1. The molecule has 13 heavy (non-hydrogen) atoms. The van der Waals surface area contributed by atoms with E-state index in [0.717, 1.165) is 18.4 Å². The number of hydrogen-bond donors (Lipinski definition) is 1. The maximum Gasteiger partial charge on any atom is 0.251 e. The fourth-order valence-electron chi connectivity index (χ4n) is 2.07. The summed E-state index contributed by atoms with van der Waals surface area (Å²) in [6.07, 6.45) is 6.18. The summed E-state index contributed by atoms with van der Waals surface area (Å²) in [7, 11) is 0. The van der Waals surface area contributed by atoms with E-state index in [1.807, 2.05) is 0 Å². The zero-order chi connectivity index (χ0) is 9.26. The van der Waals surface area contributed by atoms with Gasteiger partial charge >= 0.3 is 0 Å². The van der Waals surface area contributed by atoms with Crippen LogP contribution in [0, 0.1) is 0 Å². The van der Waals surface area contributed by atoms with Crippen LogP contribution in [0.3, 0.4) is 0 Å². The largest absolute Gasteiger partial charge is 0.383 e. The molecule has 70 valence electrons. The fourth-order valence-corrected chi connectivity index (χ4v) is 2.07. The summed E-state index contributed by atoms with van der Waals surface area (Å²) in [6.45, 7) is 0. The molecule has 0 bridgehead atoms. The maximum atomic E-state index is 11.1. The average Bonchev–Trinajstić information content (AvgIpc) is 2.28. The number of carbonyl (C=O) groups is 1. The molecule has 0 spiro atoms. The van der Waals surface area contributed by atoms with Gasteiger partial charge in [-0.3, -0.25) is 4.79 Å². The average molecular weight is 178 g/mol. The standard InChI is InChI=1S/C10H14N2O/c11-10-8-5-3-1-2-4-7(8)6-9(13)12-10/h1-6H2,(H2,11,12,13). The quantitative estimate of drug-likeness (QED) is 0.611. The highest BCUT2D eigenvalue weighted by Crippen LogP contribution is 2.28. The van der Waals surface area contributed by atoms with Crippen molar-refractivity contribution in [2.75, 3.05) is 0 Å². The molecule has 0 radical (unpaired) electrons. The van der Waals surface area contributed by atoms with Crippen LogP contribution in [0.4, 0.5) is 0 Å². The second-order valence-corrected chi connectivity index (χ2v) is 3.71. The fraction of sp³-hybridized carbons (Fsp3) is 0.600. The number of carbonyl (C=O) groups excluding carboxylic acids is 1. The summed E-state index contributed by atoms with van der Waals surface area (Å²) in [4.78, 5) is 14.9. The van der Waals surface area contributed by atoms with E-state index in [1.165, 1.54) is 24.8 Å². The van der Waals surface area contributed by atoms with E-state index >= 15 is 0 Å². The molecule has 1 aliphatic carbocycles. The molecular weight excluding hydrogens is 164 g/mol. The Morgan fingerprint density at radius 3 is 2.77 bits per heavy atom. The van der Waals surface area contributed by atoms with Gasteiger partial charge in [-0.15, -0.1) is 0 Å². The normalized spacial score (nSPS) is 23.7. The van der Waals surface area contributed by atoms with Crippen molar-refractivity contribution in [3.8, 4) is 0 Å². The van der Waals surface area contributed by atoms with Crippen molar-refractivity contribution in [1.29, 1.82) is 0 Å². The lowest BCUT2D eigenvalue weighted by Crippen LogP contribution is -2.23. The highest BCUT2D eigenvalue weighted by atomic mass is 16.1. The number of amidine groups is 1. The number of dihydropyridines is 1. The van der Waals surface area contributed by atoms with Crippen molar-refractivity contribution in [1.82, 2.24) is 0 Å². The zero-order valence-electron chi connectivity index (χ0n) is 7.68. The van der Waals surface area contributed by atoms with Gasteiger partial charge in [0.05, 0.1) is 6.42 Å². The van der Waals surface area contributed by atoms with Gasteiger partial charge in [0.25, 0.3) is 5.91 Å². The summed E-state index contributed by atoms with van der Waals surface area (Å²) in [5, 5.41) is 0. The SMILES string of the molecule is NC1=NC(=O)CC2=C1CCCCC2. The maximum absolute atomic E-state index is 11.1. The number of nitrogens with two attached hydrogens (primary N) is 1. The highest BCUT2D eigenvalue weighted by molar-refractivity contribution is 6.07. The van der Waals surface area contributed by atoms with Crippen LogP contribution in [0.2, 0.25) is 0 Å². The van der Waals surface area contributed by atoms with Gasteiger partial charge in [0.1, 0.15) is 5.84 Å². The molecule has 1 aliphatic heterocycles. The molecule has 0 aromatic heterocycles. The molecule has 0 atom stereocenters. The van der Waals surface area contributed by atoms with Gasteiger partial charge in [-0.2, -0.15) is 4.99 Å². The minimum atomic E-state index is -0.0712. The third-order valence-corrected chi connectivity index (χ3v) is 2.75. The van der Waals surface area contributed by atoms with E-state index in [-0.39, 0.29) is 5.91 Å². The molecule has 3 nitrogen and oxygen atoms in total. The molecule has 2 rings (SSSR count). The lowest BCUT2D eigenvalue weighted by molar-refractivity contribution is -0.117. The van der Waals surface area contributed by atoms with Gasteiger partial charge < -0.3 is 5.73 Å². The summed E-state index contributed by atoms with van der Waals surface area (Å²) < 4.78 is 0. The van der Waals surface area contributed by atoms with E-state index < -0.39 is 0 Å². The Bertz CT molecular complexity index is 302. The van der Waals surface area contributed by atoms with Gasteiger partial charge in [0, 0.05) is 0 Å². The van der Waals surface area contributed by atoms with Crippen LogP contribution in [0.25, 0.3) is 0 Å². The smallest absolute Gasteiger partial charge is 0.251 e. The van der Waals surface area contributed by atoms with Gasteiger partial charge in [-0.1, -0.05) is 12.0 Å². The number of aliphatic imine (C=N–C) groups is 1. The van der Waals surface area contributed by atoms with Crippen LogP contribution in [0.1, 0.15) is 38.5 Å². The Balaban J connectivity index is 2.31. The second kappa shape index (κ2) is 3.32. The molecule has 0 fully saturated rings. The highest BCUT2D eigenvalue weighted by Gasteiger charge is 2.21. The van der Waals surface area contributed by atoms with Crippen LogP contribution in [-0.2, 0) is 4.79 Å². The summed E-state index contributed by atoms with van der Waals surface area (Å²) in [6, 6.07) is 0. The minimum absolute atomic E-state index is 0.0712. The third kappa shape index (κ3) is 1.64. The Hall–Kier alpha value is -1.12. The monoisotopic (exact) mass is 178 g/mol. The lowest BCUT2D eigenvalue weighted by atomic mass is 9.97. The molecule has 0 saturated heterocycles. The van der Waals surface area contributed by atoms with E-state index in [9.17, 15) is 4.79 Å². The molecule has 0 aromatic rings. The van der Waals surface area contributed by atoms with Crippen molar-refractivity contribution in [3.05, 3.63) is 11.1 Å². The molecule has 3 heteroatoms. The first kappa shape index (κ1) is 8.48. The summed E-state index contributed by atoms with van der Waals surface area (Å²) in [5.41, 5.74) is 8.13. The Morgan fingerprint density at radius 2 is 1.92 bits per heavy atom. The van der Waals surface area contributed by atoms with Crippen molar-refractivity contribution in [2.45, 2.75) is 38.5 Å². The molecule has 0 unspecified atom stereocenters. The molecule has 1 amide bonds. The van der Waals surface area contributed by atoms with E-state index in [4.69, 9.17) is 5.73 Å². The third-order valence-electron chi connectivity index (χ3n) is 2.75. The lowest BCUT2D eigenvalue weighted by Gasteiger charge is -2.15. The van der Waals surface area contributed by atoms with Crippen LogP contribution in [0.15, 0.2) is 16.1 Å². The van der Waals surface area contributed by atoms with E-state index in [2.05, 4.69) is 4.99 Å².